The zero-order chi connectivity index (χ0) is 20.9. The van der Waals surface area contributed by atoms with Gasteiger partial charge in [0, 0.05) is 29.6 Å². The summed E-state index contributed by atoms with van der Waals surface area (Å²) in [5.74, 6) is -0.250. The molecule has 2 aromatic carbocycles. The molecule has 156 valence electrons. The molecule has 1 fully saturated rings. The van der Waals surface area contributed by atoms with E-state index in [2.05, 4.69) is 22.5 Å². The minimum Gasteiger partial charge on any atom is -0.351 e. The molecule has 6 heteroatoms. The molecule has 2 N–H and O–H groups in total. The van der Waals surface area contributed by atoms with Crippen LogP contribution in [0, 0.1) is 0 Å². The van der Waals surface area contributed by atoms with Crippen LogP contribution in [0.25, 0.3) is 6.08 Å². The number of thioether (sulfide) groups is 1. The predicted molar refractivity (Wildman–Crippen MR) is 123 cm³/mol. The number of anilines is 1. The van der Waals surface area contributed by atoms with Crippen LogP contribution in [0.1, 0.15) is 42.1 Å². The highest BCUT2D eigenvalue weighted by Gasteiger charge is 2.22. The van der Waals surface area contributed by atoms with Crippen molar-refractivity contribution in [2.24, 2.45) is 0 Å². The molecular weight excluding hydrogens is 394 g/mol. The Bertz CT molecular complexity index is 958. The Morgan fingerprint density at radius 1 is 1.23 bits per heavy atom. The summed E-state index contributed by atoms with van der Waals surface area (Å²) in [6.45, 7) is 4.87. The van der Waals surface area contributed by atoms with Gasteiger partial charge in [0.25, 0.3) is 11.8 Å². The first-order valence-electron chi connectivity index (χ1n) is 10.5. The predicted octanol–water partition coefficient (Wildman–Crippen LogP) is 4.38. The molecule has 0 radical (unpaired) electrons. The average molecular weight is 422 g/mol. The Hall–Kier alpha value is -2.57. The third-order valence-electron chi connectivity index (χ3n) is 5.66. The first-order valence-corrected chi connectivity index (χ1v) is 11.3. The van der Waals surface area contributed by atoms with E-state index in [1.165, 1.54) is 31.0 Å². The van der Waals surface area contributed by atoms with E-state index in [9.17, 15) is 9.59 Å². The van der Waals surface area contributed by atoms with Gasteiger partial charge in [-0.2, -0.15) is 0 Å². The Balaban J connectivity index is 1.38. The number of nitrogens with one attached hydrogen (secondary N) is 2. The Labute approximate surface area is 181 Å². The van der Waals surface area contributed by atoms with Crippen LogP contribution in [-0.2, 0) is 4.79 Å². The van der Waals surface area contributed by atoms with Gasteiger partial charge in [-0.15, -0.1) is 0 Å². The van der Waals surface area contributed by atoms with E-state index in [1.54, 1.807) is 6.07 Å². The fraction of sp³-hybridized carbons (Fsp3) is 0.333. The second-order valence-corrected chi connectivity index (χ2v) is 8.91. The maximum Gasteiger partial charge on any atom is 0.262 e. The molecule has 1 saturated heterocycles. The van der Waals surface area contributed by atoms with Gasteiger partial charge >= 0.3 is 0 Å². The van der Waals surface area contributed by atoms with Crippen LogP contribution in [0.3, 0.4) is 0 Å². The fourth-order valence-corrected chi connectivity index (χ4v) is 4.84. The number of benzene rings is 2. The summed E-state index contributed by atoms with van der Waals surface area (Å²) < 4.78 is 0. The molecule has 2 heterocycles. The SMILES string of the molecule is CC1CCCCN1CCNC(=O)c1ccc2c(c1)NC(=O)/C(=C/c1ccccc1)S2. The largest absolute Gasteiger partial charge is 0.351 e. The van der Waals surface area contributed by atoms with Crippen molar-refractivity contribution >= 4 is 35.3 Å². The van der Waals surface area contributed by atoms with E-state index in [1.807, 2.05) is 48.5 Å². The van der Waals surface area contributed by atoms with Gasteiger partial charge in [0.15, 0.2) is 0 Å². The minimum atomic E-state index is -0.145. The summed E-state index contributed by atoms with van der Waals surface area (Å²) in [6.07, 6.45) is 5.65. The van der Waals surface area contributed by atoms with Crippen LogP contribution in [0.15, 0.2) is 58.3 Å². The summed E-state index contributed by atoms with van der Waals surface area (Å²) in [5, 5.41) is 5.94. The van der Waals surface area contributed by atoms with E-state index in [0.29, 0.717) is 28.7 Å². The smallest absolute Gasteiger partial charge is 0.262 e. The van der Waals surface area contributed by atoms with Gasteiger partial charge < -0.3 is 10.6 Å². The van der Waals surface area contributed by atoms with E-state index in [0.717, 1.165) is 23.5 Å². The number of rotatable bonds is 5. The third-order valence-corrected chi connectivity index (χ3v) is 6.76. The van der Waals surface area contributed by atoms with Gasteiger partial charge in [0.1, 0.15) is 0 Å². The van der Waals surface area contributed by atoms with E-state index < -0.39 is 0 Å². The molecule has 30 heavy (non-hydrogen) atoms. The lowest BCUT2D eigenvalue weighted by atomic mass is 10.0. The summed E-state index contributed by atoms with van der Waals surface area (Å²) in [5.41, 5.74) is 2.24. The minimum absolute atomic E-state index is 0.104. The van der Waals surface area contributed by atoms with Crippen LogP contribution in [0.5, 0.6) is 0 Å². The molecule has 0 spiro atoms. The zero-order valence-electron chi connectivity index (χ0n) is 17.2. The molecule has 0 aromatic heterocycles. The lowest BCUT2D eigenvalue weighted by Crippen LogP contribution is -2.42. The maximum atomic E-state index is 12.6. The third kappa shape index (κ3) is 4.94. The summed E-state index contributed by atoms with van der Waals surface area (Å²) in [6, 6.07) is 15.9. The van der Waals surface area contributed by atoms with Gasteiger partial charge in [0.05, 0.1) is 10.6 Å². The fourth-order valence-electron chi connectivity index (χ4n) is 3.91. The molecule has 0 saturated carbocycles. The van der Waals surface area contributed by atoms with Gasteiger partial charge in [-0.25, -0.2) is 0 Å². The van der Waals surface area contributed by atoms with Crippen molar-refractivity contribution in [1.82, 2.24) is 10.2 Å². The number of hydrogen-bond acceptors (Lipinski definition) is 4. The normalized spacial score (nSPS) is 20.5. The van der Waals surface area contributed by atoms with Crippen LogP contribution in [0.2, 0.25) is 0 Å². The molecule has 5 nitrogen and oxygen atoms in total. The first-order chi connectivity index (χ1) is 14.6. The standard InChI is InChI=1S/C24H27N3O2S/c1-17-7-5-6-13-27(17)14-12-25-23(28)19-10-11-21-20(16-19)26-24(29)22(30-21)15-18-8-3-2-4-9-18/h2-4,8-11,15-17H,5-7,12-14H2,1H3,(H,25,28)(H,26,29)/b22-15-. The average Bonchev–Trinajstić information content (AvgIpc) is 2.76. The first kappa shape index (κ1) is 20.7. The zero-order valence-corrected chi connectivity index (χ0v) is 18.0. The number of fused-ring (bicyclic) bond motifs is 1. The molecule has 0 aliphatic carbocycles. The van der Waals surface area contributed by atoms with E-state index in [4.69, 9.17) is 0 Å². The van der Waals surface area contributed by atoms with Crippen molar-refractivity contribution in [3.63, 3.8) is 0 Å². The molecule has 2 amide bonds. The van der Waals surface area contributed by atoms with Crippen LogP contribution in [-0.4, -0.2) is 42.4 Å². The Kier molecular flexibility index (Phi) is 6.55. The number of carbonyl (C=O) groups excluding carboxylic acids is 2. The number of hydrogen-bond donors (Lipinski definition) is 2. The highest BCUT2D eigenvalue weighted by Crippen LogP contribution is 2.39. The lowest BCUT2D eigenvalue weighted by molar-refractivity contribution is -0.112. The van der Waals surface area contributed by atoms with Crippen molar-refractivity contribution in [3.8, 4) is 0 Å². The lowest BCUT2D eigenvalue weighted by Gasteiger charge is -2.33. The summed E-state index contributed by atoms with van der Waals surface area (Å²) >= 11 is 1.43. The van der Waals surface area contributed by atoms with Crippen molar-refractivity contribution in [1.29, 1.82) is 0 Å². The molecular formula is C24H27N3O2S. The Morgan fingerprint density at radius 3 is 2.87 bits per heavy atom. The topological polar surface area (TPSA) is 61.4 Å². The number of likely N-dealkylation sites (tertiary alicyclic amines) is 1. The van der Waals surface area contributed by atoms with Crippen molar-refractivity contribution < 1.29 is 9.59 Å². The quantitative estimate of drug-likeness (QED) is 0.704. The monoisotopic (exact) mass is 421 g/mol. The number of carbonyl (C=O) groups is 2. The van der Waals surface area contributed by atoms with E-state index >= 15 is 0 Å². The molecule has 1 atom stereocenters. The van der Waals surface area contributed by atoms with Crippen LogP contribution >= 0.6 is 11.8 Å². The highest BCUT2D eigenvalue weighted by molar-refractivity contribution is 8.04. The molecule has 1 unspecified atom stereocenters. The van der Waals surface area contributed by atoms with Crippen molar-refractivity contribution in [2.75, 3.05) is 25.0 Å². The molecule has 2 aliphatic rings. The molecule has 2 aliphatic heterocycles. The van der Waals surface area contributed by atoms with Gasteiger partial charge in [-0.05, 0) is 56.1 Å². The van der Waals surface area contributed by atoms with Crippen molar-refractivity contribution in [3.05, 3.63) is 64.6 Å². The number of amides is 2. The van der Waals surface area contributed by atoms with Crippen molar-refractivity contribution in [2.45, 2.75) is 37.1 Å². The highest BCUT2D eigenvalue weighted by atomic mass is 32.2. The molecule has 2 aromatic rings. The number of piperidine rings is 1. The Morgan fingerprint density at radius 2 is 2.07 bits per heavy atom. The second-order valence-electron chi connectivity index (χ2n) is 7.82. The summed E-state index contributed by atoms with van der Waals surface area (Å²) in [7, 11) is 0. The molecule has 0 bridgehead atoms. The van der Waals surface area contributed by atoms with Gasteiger partial charge in [-0.3, -0.25) is 14.5 Å². The van der Waals surface area contributed by atoms with Crippen LogP contribution in [0.4, 0.5) is 5.69 Å². The van der Waals surface area contributed by atoms with Crippen LogP contribution < -0.4 is 10.6 Å². The van der Waals surface area contributed by atoms with Gasteiger partial charge in [0.2, 0.25) is 0 Å². The number of nitrogens with zero attached hydrogens (tertiary/aromatic N) is 1. The second kappa shape index (κ2) is 9.49. The maximum absolute atomic E-state index is 12.6. The summed E-state index contributed by atoms with van der Waals surface area (Å²) in [4.78, 5) is 29.1. The molecule has 4 rings (SSSR count). The van der Waals surface area contributed by atoms with E-state index in [-0.39, 0.29) is 11.8 Å². The van der Waals surface area contributed by atoms with Gasteiger partial charge in [-0.1, -0.05) is 48.5 Å².